The molecule has 0 aromatic carbocycles. The summed E-state index contributed by atoms with van der Waals surface area (Å²) in [6.07, 6.45) is 11.5. The van der Waals surface area contributed by atoms with Crippen molar-refractivity contribution in [3.63, 3.8) is 0 Å². The van der Waals surface area contributed by atoms with Gasteiger partial charge in [0.25, 0.3) is 0 Å². The lowest BCUT2D eigenvalue weighted by molar-refractivity contribution is 0.0793. The maximum atomic E-state index is 5.58. The maximum Gasteiger partial charge on any atom is 0.194 e. The van der Waals surface area contributed by atoms with Crippen LogP contribution in [-0.2, 0) is 4.74 Å². The molecule has 0 aromatic rings. The molecule has 3 rings (SSSR count). The normalized spacial score (nSPS) is 25.6. The summed E-state index contributed by atoms with van der Waals surface area (Å²) in [4.78, 5) is 7.68. The molecule has 1 N–H and O–H groups in total. The Morgan fingerprint density at radius 3 is 2.58 bits per heavy atom. The molecule has 1 saturated carbocycles. The van der Waals surface area contributed by atoms with Crippen LogP contribution in [0.25, 0.3) is 0 Å². The van der Waals surface area contributed by atoms with E-state index in [1.165, 1.54) is 44.4 Å². The lowest BCUT2D eigenvalue weighted by atomic mass is 9.87. The fraction of sp³-hybridized carbons (Fsp3) is 0.947. The average Bonchev–Trinajstić information content (AvgIpc) is 2.66. The molecular formula is C19H36IN3OS2. The van der Waals surface area contributed by atoms with Gasteiger partial charge in [0, 0.05) is 48.1 Å². The zero-order valence-electron chi connectivity index (χ0n) is 16.4. The standard InChI is InChI=1S/C19H35N3OS2.HI/c1-3-20-17(21-15-18(24-2)9-12-23-13-10-18)22-11-14-25-19(16-22)7-5-4-6-8-19;/h3-16H2,1-2H3,(H,20,21);1H. The van der Waals surface area contributed by atoms with Gasteiger partial charge in [0.1, 0.15) is 0 Å². The Morgan fingerprint density at radius 1 is 1.19 bits per heavy atom. The van der Waals surface area contributed by atoms with Gasteiger partial charge in [-0.2, -0.15) is 23.5 Å². The number of nitrogens with one attached hydrogen (secondary N) is 1. The van der Waals surface area contributed by atoms with Crippen molar-refractivity contribution in [2.75, 3.05) is 51.4 Å². The minimum Gasteiger partial charge on any atom is -0.381 e. The first-order valence-electron chi connectivity index (χ1n) is 10.0. The van der Waals surface area contributed by atoms with Crippen molar-refractivity contribution in [1.29, 1.82) is 0 Å². The maximum absolute atomic E-state index is 5.58. The van der Waals surface area contributed by atoms with Crippen molar-refractivity contribution in [3.8, 4) is 0 Å². The van der Waals surface area contributed by atoms with Crippen LogP contribution in [0.4, 0.5) is 0 Å². The van der Waals surface area contributed by atoms with E-state index in [-0.39, 0.29) is 28.7 Å². The van der Waals surface area contributed by atoms with Crippen molar-refractivity contribution >= 4 is 53.5 Å². The van der Waals surface area contributed by atoms with Crippen molar-refractivity contribution in [1.82, 2.24) is 10.2 Å². The van der Waals surface area contributed by atoms with Crippen molar-refractivity contribution < 1.29 is 4.74 Å². The zero-order chi connectivity index (χ0) is 17.6. The number of aliphatic imine (C=N–C) groups is 1. The molecule has 0 aromatic heterocycles. The monoisotopic (exact) mass is 513 g/mol. The molecular weight excluding hydrogens is 477 g/mol. The van der Waals surface area contributed by atoms with Gasteiger partial charge >= 0.3 is 0 Å². The smallest absolute Gasteiger partial charge is 0.194 e. The number of nitrogens with zero attached hydrogens (tertiary/aromatic N) is 2. The van der Waals surface area contributed by atoms with E-state index in [1.807, 2.05) is 11.8 Å². The molecule has 1 aliphatic carbocycles. The highest BCUT2D eigenvalue weighted by Crippen LogP contribution is 2.42. The molecule has 152 valence electrons. The first-order chi connectivity index (χ1) is 12.2. The molecule has 3 fully saturated rings. The molecule has 3 aliphatic rings. The van der Waals surface area contributed by atoms with Gasteiger partial charge in [0.15, 0.2) is 5.96 Å². The molecule has 1 spiro atoms. The largest absolute Gasteiger partial charge is 0.381 e. The molecule has 0 bridgehead atoms. The highest BCUT2D eigenvalue weighted by molar-refractivity contribution is 14.0. The quantitative estimate of drug-likeness (QED) is 0.346. The third-order valence-corrected chi connectivity index (χ3v) is 8.94. The van der Waals surface area contributed by atoms with Crippen LogP contribution in [0, 0.1) is 0 Å². The molecule has 0 unspecified atom stereocenters. The van der Waals surface area contributed by atoms with Crippen LogP contribution >= 0.6 is 47.5 Å². The highest BCUT2D eigenvalue weighted by Gasteiger charge is 2.38. The minimum atomic E-state index is 0. The fourth-order valence-electron chi connectivity index (χ4n) is 4.34. The number of ether oxygens (including phenoxy) is 1. The van der Waals surface area contributed by atoms with E-state index in [1.54, 1.807) is 0 Å². The second-order valence-corrected chi connectivity index (χ2v) is 10.5. The van der Waals surface area contributed by atoms with Crippen LogP contribution < -0.4 is 5.32 Å². The average molecular weight is 514 g/mol. The molecule has 2 aliphatic heterocycles. The summed E-state index contributed by atoms with van der Waals surface area (Å²) in [5.41, 5.74) is 0. The first kappa shape index (κ1) is 22.9. The summed E-state index contributed by atoms with van der Waals surface area (Å²) in [6, 6.07) is 0. The van der Waals surface area contributed by atoms with Crippen LogP contribution in [-0.4, -0.2) is 71.8 Å². The summed E-state index contributed by atoms with van der Waals surface area (Å²) < 4.78 is 6.34. The van der Waals surface area contributed by atoms with E-state index in [0.717, 1.165) is 51.6 Å². The van der Waals surface area contributed by atoms with E-state index < -0.39 is 0 Å². The van der Waals surface area contributed by atoms with Gasteiger partial charge in [-0.25, -0.2) is 0 Å². The predicted molar refractivity (Wildman–Crippen MR) is 128 cm³/mol. The van der Waals surface area contributed by atoms with Crippen LogP contribution in [0.5, 0.6) is 0 Å². The lowest BCUT2D eigenvalue weighted by Gasteiger charge is -2.45. The molecule has 0 radical (unpaired) electrons. The highest BCUT2D eigenvalue weighted by atomic mass is 127. The Hall–Kier alpha value is 0.660. The molecule has 4 nitrogen and oxygen atoms in total. The summed E-state index contributed by atoms with van der Waals surface area (Å²) in [6.45, 7) is 8.13. The van der Waals surface area contributed by atoms with Crippen LogP contribution in [0.2, 0.25) is 0 Å². The van der Waals surface area contributed by atoms with E-state index in [4.69, 9.17) is 9.73 Å². The van der Waals surface area contributed by atoms with Gasteiger partial charge < -0.3 is 15.0 Å². The lowest BCUT2D eigenvalue weighted by Crippen LogP contribution is -2.53. The van der Waals surface area contributed by atoms with E-state index in [2.05, 4.69) is 35.2 Å². The SMILES string of the molecule is CCNC(=NCC1(SC)CCOCC1)N1CCSC2(CCCCC2)C1.I. The second-order valence-electron chi connectivity index (χ2n) is 7.68. The summed E-state index contributed by atoms with van der Waals surface area (Å²) in [5, 5.41) is 3.58. The van der Waals surface area contributed by atoms with Gasteiger partial charge in [-0.1, -0.05) is 19.3 Å². The Morgan fingerprint density at radius 2 is 1.92 bits per heavy atom. The number of halogens is 1. The zero-order valence-corrected chi connectivity index (χ0v) is 20.4. The van der Waals surface area contributed by atoms with Crippen LogP contribution in [0.3, 0.4) is 0 Å². The Bertz CT molecular complexity index is 447. The Kier molecular flexibility index (Phi) is 9.71. The van der Waals surface area contributed by atoms with Gasteiger partial charge in [0.05, 0.1) is 6.54 Å². The fourth-order valence-corrected chi connectivity index (χ4v) is 6.68. The number of rotatable bonds is 4. The molecule has 0 amide bonds. The second kappa shape index (κ2) is 11.0. The third-order valence-electron chi connectivity index (χ3n) is 6.00. The van der Waals surface area contributed by atoms with Gasteiger partial charge in [-0.05, 0) is 38.9 Å². The van der Waals surface area contributed by atoms with Crippen LogP contribution in [0.15, 0.2) is 4.99 Å². The minimum absolute atomic E-state index is 0. The van der Waals surface area contributed by atoms with Gasteiger partial charge in [0.2, 0.25) is 0 Å². The van der Waals surface area contributed by atoms with Crippen molar-refractivity contribution in [3.05, 3.63) is 0 Å². The van der Waals surface area contributed by atoms with E-state index >= 15 is 0 Å². The third kappa shape index (κ3) is 5.83. The van der Waals surface area contributed by atoms with Crippen LogP contribution in [0.1, 0.15) is 51.9 Å². The topological polar surface area (TPSA) is 36.9 Å². The molecule has 26 heavy (non-hydrogen) atoms. The number of hydrogen-bond donors (Lipinski definition) is 1. The number of hydrogen-bond acceptors (Lipinski definition) is 4. The number of thioether (sulfide) groups is 2. The molecule has 2 saturated heterocycles. The summed E-state index contributed by atoms with van der Waals surface area (Å²) in [5.74, 6) is 2.39. The number of guanidine groups is 1. The molecule has 7 heteroatoms. The summed E-state index contributed by atoms with van der Waals surface area (Å²) in [7, 11) is 0. The van der Waals surface area contributed by atoms with Crippen molar-refractivity contribution in [2.24, 2.45) is 4.99 Å². The predicted octanol–water partition coefficient (Wildman–Crippen LogP) is 4.23. The van der Waals surface area contributed by atoms with E-state index in [9.17, 15) is 0 Å². The van der Waals surface area contributed by atoms with Crippen molar-refractivity contribution in [2.45, 2.75) is 61.4 Å². The van der Waals surface area contributed by atoms with Gasteiger partial charge in [-0.15, -0.1) is 24.0 Å². The molecule has 2 heterocycles. The van der Waals surface area contributed by atoms with E-state index in [0.29, 0.717) is 4.75 Å². The Balaban J connectivity index is 0.00000243. The summed E-state index contributed by atoms with van der Waals surface area (Å²) >= 11 is 4.21. The first-order valence-corrected chi connectivity index (χ1v) is 12.2. The molecule has 0 atom stereocenters. The van der Waals surface area contributed by atoms with Gasteiger partial charge in [-0.3, -0.25) is 4.99 Å². The Labute approximate surface area is 185 Å².